The summed E-state index contributed by atoms with van der Waals surface area (Å²) in [4.78, 5) is 1.97. The summed E-state index contributed by atoms with van der Waals surface area (Å²) in [5.74, 6) is 0.656. The van der Waals surface area contributed by atoms with Crippen molar-refractivity contribution in [2.75, 3.05) is 11.5 Å². The summed E-state index contributed by atoms with van der Waals surface area (Å²) in [6, 6.07) is 10.6. The van der Waals surface area contributed by atoms with Gasteiger partial charge in [-0.1, -0.05) is 66.3 Å². The Kier molecular flexibility index (Phi) is 11.3. The Morgan fingerprint density at radius 3 is 2.31 bits per heavy atom. The van der Waals surface area contributed by atoms with Gasteiger partial charge in [-0.25, -0.2) is 0 Å². The highest BCUT2D eigenvalue weighted by Gasteiger charge is 2.00. The molecule has 0 radical (unpaired) electrons. The molecule has 0 aromatic heterocycles. The van der Waals surface area contributed by atoms with Gasteiger partial charge in [-0.15, -0.1) is 0 Å². The van der Waals surface area contributed by atoms with Crippen molar-refractivity contribution in [3.63, 3.8) is 0 Å². The average Bonchev–Trinajstić information content (AvgIpc) is 2.33. The van der Waals surface area contributed by atoms with Crippen molar-refractivity contribution in [2.45, 2.75) is 32.6 Å². The molecule has 0 heterocycles. The van der Waals surface area contributed by atoms with Crippen LogP contribution in [0.3, 0.4) is 0 Å². The molecule has 1 aromatic carbocycles. The van der Waals surface area contributed by atoms with Crippen molar-refractivity contribution in [3.8, 4) is 0 Å². The molecule has 92 valence electrons. The lowest BCUT2D eigenvalue weighted by molar-refractivity contribution is 0.257. The molecule has 0 aliphatic carbocycles. The number of alkyl halides is 1. The van der Waals surface area contributed by atoms with Crippen LogP contribution >= 0.6 is 22.6 Å². The molecule has 1 aromatic rings. The van der Waals surface area contributed by atoms with Gasteiger partial charge in [-0.3, -0.25) is 0 Å². The number of aryl methyl sites for hydroxylation is 1. The van der Waals surface area contributed by atoms with Crippen molar-refractivity contribution < 1.29 is 5.11 Å². The van der Waals surface area contributed by atoms with Gasteiger partial charge in [0.05, 0.1) is 0 Å². The van der Waals surface area contributed by atoms with E-state index in [4.69, 9.17) is 5.11 Å². The SMILES string of the molecule is CC(CCO)CCCc1ccccc1.CI. The second-order valence-corrected chi connectivity index (χ2v) is 4.00. The van der Waals surface area contributed by atoms with Crippen LogP contribution in [0.5, 0.6) is 0 Å². The zero-order valence-corrected chi connectivity index (χ0v) is 12.5. The fraction of sp³-hybridized carbons (Fsp3) is 0.571. The summed E-state index contributed by atoms with van der Waals surface area (Å²) in [5, 5.41) is 8.75. The predicted molar refractivity (Wildman–Crippen MR) is 80.2 cm³/mol. The number of hydrogen-bond donors (Lipinski definition) is 1. The normalized spacial score (nSPS) is 11.5. The number of aliphatic hydroxyl groups is 1. The molecule has 0 aliphatic heterocycles. The number of halogens is 1. The molecule has 0 saturated heterocycles. The minimum atomic E-state index is 0.326. The molecule has 16 heavy (non-hydrogen) atoms. The van der Waals surface area contributed by atoms with E-state index in [-0.39, 0.29) is 0 Å². The van der Waals surface area contributed by atoms with Gasteiger partial charge in [0.15, 0.2) is 0 Å². The van der Waals surface area contributed by atoms with E-state index in [1.54, 1.807) is 0 Å². The Labute approximate surface area is 113 Å². The maximum absolute atomic E-state index is 8.75. The summed E-state index contributed by atoms with van der Waals surface area (Å²) in [7, 11) is 0. The van der Waals surface area contributed by atoms with Gasteiger partial charge < -0.3 is 5.11 Å². The first-order valence-corrected chi connectivity index (χ1v) is 8.01. The number of benzene rings is 1. The maximum atomic E-state index is 8.75. The molecular weight excluding hydrogens is 311 g/mol. The first-order valence-electron chi connectivity index (χ1n) is 5.85. The highest BCUT2D eigenvalue weighted by atomic mass is 127. The van der Waals surface area contributed by atoms with Gasteiger partial charge in [-0.05, 0) is 35.7 Å². The largest absolute Gasteiger partial charge is 0.396 e. The summed E-state index contributed by atoms with van der Waals surface area (Å²) >= 11 is 2.15. The van der Waals surface area contributed by atoms with E-state index in [0.29, 0.717) is 12.5 Å². The van der Waals surface area contributed by atoms with E-state index in [0.717, 1.165) is 12.8 Å². The summed E-state index contributed by atoms with van der Waals surface area (Å²) < 4.78 is 0. The van der Waals surface area contributed by atoms with Crippen LogP contribution in [0.4, 0.5) is 0 Å². The molecule has 2 heteroatoms. The summed E-state index contributed by atoms with van der Waals surface area (Å²) in [6.07, 6.45) is 4.55. The third kappa shape index (κ3) is 8.11. The van der Waals surface area contributed by atoms with Crippen LogP contribution in [0.1, 0.15) is 31.7 Å². The molecule has 0 amide bonds. The van der Waals surface area contributed by atoms with Crippen LogP contribution in [0.25, 0.3) is 0 Å². The van der Waals surface area contributed by atoms with Crippen LogP contribution in [0, 0.1) is 5.92 Å². The van der Waals surface area contributed by atoms with Crippen LogP contribution < -0.4 is 0 Å². The topological polar surface area (TPSA) is 20.2 Å². The molecule has 1 N–H and O–H groups in total. The van der Waals surface area contributed by atoms with Crippen molar-refractivity contribution in [2.24, 2.45) is 5.92 Å². The minimum absolute atomic E-state index is 0.326. The fourth-order valence-corrected chi connectivity index (χ4v) is 1.66. The highest BCUT2D eigenvalue weighted by Crippen LogP contribution is 2.12. The van der Waals surface area contributed by atoms with E-state index in [1.807, 2.05) is 4.93 Å². The zero-order valence-electron chi connectivity index (χ0n) is 10.3. The van der Waals surface area contributed by atoms with Crippen molar-refractivity contribution in [3.05, 3.63) is 35.9 Å². The van der Waals surface area contributed by atoms with Crippen molar-refractivity contribution in [1.82, 2.24) is 0 Å². The molecule has 1 rings (SSSR count). The second kappa shape index (κ2) is 11.4. The third-order valence-electron chi connectivity index (χ3n) is 2.63. The highest BCUT2D eigenvalue weighted by molar-refractivity contribution is 14.1. The zero-order chi connectivity index (χ0) is 12.2. The van der Waals surface area contributed by atoms with Gasteiger partial charge in [0.25, 0.3) is 0 Å². The number of rotatable bonds is 6. The molecule has 1 atom stereocenters. The smallest absolute Gasteiger partial charge is 0.0433 e. The first kappa shape index (κ1) is 15.9. The number of hydrogen-bond acceptors (Lipinski definition) is 1. The standard InChI is InChI=1S/C13H20O.CH3I/c1-12(10-11-14)6-5-9-13-7-3-2-4-8-13;1-2/h2-4,7-8,12,14H,5-6,9-11H2,1H3;1H3. The van der Waals surface area contributed by atoms with Gasteiger partial charge >= 0.3 is 0 Å². The van der Waals surface area contributed by atoms with E-state index >= 15 is 0 Å². The van der Waals surface area contributed by atoms with E-state index in [1.165, 1.54) is 18.4 Å². The van der Waals surface area contributed by atoms with E-state index < -0.39 is 0 Å². The Morgan fingerprint density at radius 1 is 1.12 bits per heavy atom. The van der Waals surface area contributed by atoms with Crippen LogP contribution in [0.2, 0.25) is 0 Å². The van der Waals surface area contributed by atoms with Crippen molar-refractivity contribution in [1.29, 1.82) is 0 Å². The molecule has 0 saturated carbocycles. The van der Waals surface area contributed by atoms with Gasteiger partial charge in [0, 0.05) is 6.61 Å². The fourth-order valence-electron chi connectivity index (χ4n) is 1.66. The maximum Gasteiger partial charge on any atom is 0.0433 e. The lowest BCUT2D eigenvalue weighted by atomic mass is 9.99. The molecule has 1 unspecified atom stereocenters. The van der Waals surface area contributed by atoms with Crippen molar-refractivity contribution >= 4 is 22.6 Å². The second-order valence-electron chi connectivity index (χ2n) is 4.00. The Bertz CT molecular complexity index is 236. The monoisotopic (exact) mass is 334 g/mol. The quantitative estimate of drug-likeness (QED) is 0.614. The predicted octanol–water partition coefficient (Wildman–Crippen LogP) is 4.08. The summed E-state index contributed by atoms with van der Waals surface area (Å²) in [6.45, 7) is 2.54. The molecule has 1 nitrogen and oxygen atoms in total. The molecule has 0 bridgehead atoms. The first-order chi connectivity index (χ1) is 7.83. The van der Waals surface area contributed by atoms with Crippen LogP contribution in [-0.2, 0) is 6.42 Å². The Hall–Kier alpha value is -0.0900. The lowest BCUT2D eigenvalue weighted by Gasteiger charge is -2.08. The van der Waals surface area contributed by atoms with Gasteiger partial charge in [-0.2, -0.15) is 0 Å². The van der Waals surface area contributed by atoms with Gasteiger partial charge in [0.2, 0.25) is 0 Å². The minimum Gasteiger partial charge on any atom is -0.396 e. The van der Waals surface area contributed by atoms with E-state index in [2.05, 4.69) is 59.8 Å². The Morgan fingerprint density at radius 2 is 1.75 bits per heavy atom. The molecule has 0 spiro atoms. The lowest BCUT2D eigenvalue weighted by Crippen LogP contribution is -1.98. The van der Waals surface area contributed by atoms with Crippen LogP contribution in [-0.4, -0.2) is 16.6 Å². The molecule has 0 fully saturated rings. The van der Waals surface area contributed by atoms with E-state index in [9.17, 15) is 0 Å². The average molecular weight is 334 g/mol. The Balaban J connectivity index is 0.00000106. The molecule has 0 aliphatic rings. The number of aliphatic hydroxyl groups excluding tert-OH is 1. The third-order valence-corrected chi connectivity index (χ3v) is 2.63. The van der Waals surface area contributed by atoms with Crippen LogP contribution in [0.15, 0.2) is 30.3 Å². The summed E-state index contributed by atoms with van der Waals surface area (Å²) in [5.41, 5.74) is 1.42. The van der Waals surface area contributed by atoms with Gasteiger partial charge in [0.1, 0.15) is 0 Å². The molecular formula is C14H23IO.